The van der Waals surface area contributed by atoms with Gasteiger partial charge in [-0.05, 0) is 18.6 Å². The van der Waals surface area contributed by atoms with Crippen molar-refractivity contribution in [3.05, 3.63) is 41.7 Å². The quantitative estimate of drug-likeness (QED) is 0.370. The number of hydrogen-bond donors (Lipinski definition) is 1. The number of rotatable bonds is 1. The van der Waals surface area contributed by atoms with Gasteiger partial charge in [-0.25, -0.2) is 4.98 Å². The lowest BCUT2D eigenvalue weighted by atomic mass is 10.1. The summed E-state index contributed by atoms with van der Waals surface area (Å²) in [6, 6.07) is 0.921. The zero-order valence-corrected chi connectivity index (χ0v) is 9.63. The summed E-state index contributed by atoms with van der Waals surface area (Å²) in [5.41, 5.74) is -0.580. The minimum Gasteiger partial charge on any atom is -0.409 e. The molecule has 100 valence electrons. The van der Waals surface area contributed by atoms with E-state index in [1.807, 2.05) is 0 Å². The molecule has 0 bridgehead atoms. The summed E-state index contributed by atoms with van der Waals surface area (Å²) < 4.78 is 38.6. The van der Waals surface area contributed by atoms with Gasteiger partial charge in [0, 0.05) is 6.20 Å². The number of pyridine rings is 1. The number of hydrogen-bond acceptors (Lipinski definition) is 5. The predicted octanol–water partition coefficient (Wildman–Crippen LogP) is 1.68. The Labute approximate surface area is 105 Å². The van der Waals surface area contributed by atoms with Crippen molar-refractivity contribution in [2.24, 2.45) is 5.16 Å². The SMILES string of the molecule is Cc1cc(C(F)(F)F)cnc1C(=NO)n1cncn1. The van der Waals surface area contributed by atoms with Gasteiger partial charge in [0.25, 0.3) is 0 Å². The second-order valence-electron chi connectivity index (χ2n) is 3.65. The summed E-state index contributed by atoms with van der Waals surface area (Å²) in [6.07, 6.45) is -1.36. The first-order valence-corrected chi connectivity index (χ1v) is 5.04. The highest BCUT2D eigenvalue weighted by Gasteiger charge is 2.31. The fourth-order valence-corrected chi connectivity index (χ4v) is 1.48. The predicted molar refractivity (Wildman–Crippen MR) is 57.7 cm³/mol. The van der Waals surface area contributed by atoms with Crippen LogP contribution < -0.4 is 0 Å². The van der Waals surface area contributed by atoms with E-state index in [1.54, 1.807) is 0 Å². The van der Waals surface area contributed by atoms with Gasteiger partial charge in [-0.3, -0.25) is 4.98 Å². The largest absolute Gasteiger partial charge is 0.417 e. The van der Waals surface area contributed by atoms with Gasteiger partial charge >= 0.3 is 6.18 Å². The van der Waals surface area contributed by atoms with Gasteiger partial charge in [0.1, 0.15) is 18.3 Å². The minimum atomic E-state index is -4.47. The second kappa shape index (κ2) is 4.67. The summed E-state index contributed by atoms with van der Waals surface area (Å²) in [5, 5.41) is 15.7. The molecule has 0 aliphatic rings. The second-order valence-corrected chi connectivity index (χ2v) is 3.65. The van der Waals surface area contributed by atoms with Crippen molar-refractivity contribution in [3.63, 3.8) is 0 Å². The van der Waals surface area contributed by atoms with Crippen molar-refractivity contribution in [2.75, 3.05) is 0 Å². The topological polar surface area (TPSA) is 76.2 Å². The maximum atomic E-state index is 12.5. The van der Waals surface area contributed by atoms with Crippen LogP contribution in [0.2, 0.25) is 0 Å². The molecule has 0 aromatic carbocycles. The first kappa shape index (κ1) is 13.0. The standard InChI is InChI=1S/C10H8F3N5O/c1-6-2-7(10(11,12)13)3-15-8(6)9(17-19)18-5-14-4-16-18/h2-5,19H,1H3. The Bertz CT molecular complexity index is 606. The molecule has 2 aromatic heterocycles. The van der Waals surface area contributed by atoms with E-state index in [2.05, 4.69) is 20.2 Å². The third-order valence-electron chi connectivity index (χ3n) is 2.35. The van der Waals surface area contributed by atoms with E-state index in [4.69, 9.17) is 5.21 Å². The molecule has 0 radical (unpaired) electrons. The summed E-state index contributed by atoms with van der Waals surface area (Å²) in [6.45, 7) is 1.43. The number of halogens is 3. The highest BCUT2D eigenvalue weighted by molar-refractivity contribution is 5.98. The van der Waals surface area contributed by atoms with E-state index < -0.39 is 11.7 Å². The Balaban J connectivity index is 2.47. The van der Waals surface area contributed by atoms with E-state index in [0.29, 0.717) is 6.20 Å². The minimum absolute atomic E-state index is 0.0843. The van der Waals surface area contributed by atoms with Crippen LogP contribution in [-0.2, 0) is 6.18 Å². The van der Waals surface area contributed by atoms with Crippen LogP contribution in [-0.4, -0.2) is 30.8 Å². The van der Waals surface area contributed by atoms with Crippen molar-refractivity contribution in [1.82, 2.24) is 19.7 Å². The van der Waals surface area contributed by atoms with Crippen LogP contribution in [0.3, 0.4) is 0 Å². The number of nitrogens with zero attached hydrogens (tertiary/aromatic N) is 5. The fraction of sp³-hybridized carbons (Fsp3) is 0.200. The lowest BCUT2D eigenvalue weighted by Gasteiger charge is -2.10. The third-order valence-corrected chi connectivity index (χ3v) is 2.35. The van der Waals surface area contributed by atoms with Gasteiger partial charge in [-0.15, -0.1) is 0 Å². The Morgan fingerprint density at radius 1 is 1.42 bits per heavy atom. The molecule has 0 amide bonds. The van der Waals surface area contributed by atoms with Crippen LogP contribution in [0.4, 0.5) is 13.2 Å². The van der Waals surface area contributed by atoms with E-state index in [-0.39, 0.29) is 17.1 Å². The Morgan fingerprint density at radius 3 is 2.63 bits per heavy atom. The molecule has 0 atom stereocenters. The molecule has 0 aliphatic carbocycles. The van der Waals surface area contributed by atoms with Crippen LogP contribution in [0.15, 0.2) is 30.1 Å². The molecule has 0 saturated carbocycles. The molecule has 0 fully saturated rings. The molecule has 0 aliphatic heterocycles. The molecule has 6 nitrogen and oxygen atoms in total. The first-order valence-electron chi connectivity index (χ1n) is 5.04. The van der Waals surface area contributed by atoms with E-state index in [1.165, 1.54) is 19.6 Å². The number of aromatic nitrogens is 4. The van der Waals surface area contributed by atoms with Crippen LogP contribution in [0, 0.1) is 6.92 Å². The zero-order chi connectivity index (χ0) is 14.0. The van der Waals surface area contributed by atoms with Crippen molar-refractivity contribution >= 4 is 5.84 Å². The molecule has 9 heteroatoms. The molecule has 19 heavy (non-hydrogen) atoms. The highest BCUT2D eigenvalue weighted by Crippen LogP contribution is 2.29. The molecule has 2 heterocycles. The van der Waals surface area contributed by atoms with Crippen molar-refractivity contribution in [1.29, 1.82) is 0 Å². The van der Waals surface area contributed by atoms with E-state index in [9.17, 15) is 13.2 Å². The maximum absolute atomic E-state index is 12.5. The fourth-order valence-electron chi connectivity index (χ4n) is 1.48. The summed E-state index contributed by atoms with van der Waals surface area (Å²) >= 11 is 0. The smallest absolute Gasteiger partial charge is 0.409 e. The Morgan fingerprint density at radius 2 is 2.16 bits per heavy atom. The van der Waals surface area contributed by atoms with Crippen molar-refractivity contribution in [3.8, 4) is 0 Å². The first-order chi connectivity index (χ1) is 8.93. The van der Waals surface area contributed by atoms with Gasteiger partial charge in [0.2, 0.25) is 5.84 Å². The Kier molecular flexibility index (Phi) is 3.19. The maximum Gasteiger partial charge on any atom is 0.417 e. The van der Waals surface area contributed by atoms with E-state index >= 15 is 0 Å². The molecule has 0 saturated heterocycles. The lowest BCUT2D eigenvalue weighted by molar-refractivity contribution is -0.137. The molecule has 1 N–H and O–H groups in total. The summed E-state index contributed by atoms with van der Waals surface area (Å²) in [4.78, 5) is 7.33. The van der Waals surface area contributed by atoms with Gasteiger partial charge in [0.05, 0.1) is 5.56 Å². The zero-order valence-electron chi connectivity index (χ0n) is 9.63. The molecule has 0 unspecified atom stereocenters. The molecule has 2 aromatic rings. The number of alkyl halides is 3. The van der Waals surface area contributed by atoms with Gasteiger partial charge < -0.3 is 5.21 Å². The molecular weight excluding hydrogens is 263 g/mol. The normalized spacial score (nSPS) is 12.7. The van der Waals surface area contributed by atoms with Crippen LogP contribution in [0.25, 0.3) is 0 Å². The molecule has 0 spiro atoms. The van der Waals surface area contributed by atoms with Crippen molar-refractivity contribution in [2.45, 2.75) is 13.1 Å². The third kappa shape index (κ3) is 2.54. The molecule has 2 rings (SSSR count). The van der Waals surface area contributed by atoms with Gasteiger partial charge in [0.15, 0.2) is 0 Å². The average Bonchev–Trinajstić information content (AvgIpc) is 2.84. The van der Waals surface area contributed by atoms with Crippen LogP contribution in [0.5, 0.6) is 0 Å². The Hall–Kier alpha value is -2.45. The highest BCUT2D eigenvalue weighted by atomic mass is 19.4. The number of oxime groups is 1. The number of aryl methyl sites for hydroxylation is 1. The van der Waals surface area contributed by atoms with E-state index in [0.717, 1.165) is 10.7 Å². The van der Waals surface area contributed by atoms with Crippen LogP contribution >= 0.6 is 0 Å². The van der Waals surface area contributed by atoms with Crippen molar-refractivity contribution < 1.29 is 18.4 Å². The summed E-state index contributed by atoms with van der Waals surface area (Å²) in [5.74, 6) is -0.108. The average molecular weight is 271 g/mol. The molecular formula is C10H8F3N5O. The van der Waals surface area contributed by atoms with Gasteiger partial charge in [-0.1, -0.05) is 5.16 Å². The summed E-state index contributed by atoms with van der Waals surface area (Å²) in [7, 11) is 0. The lowest BCUT2D eigenvalue weighted by Crippen LogP contribution is -2.18. The monoisotopic (exact) mass is 271 g/mol. The van der Waals surface area contributed by atoms with Crippen LogP contribution in [0.1, 0.15) is 16.8 Å². The van der Waals surface area contributed by atoms with Gasteiger partial charge in [-0.2, -0.15) is 23.0 Å².